The third-order valence-corrected chi connectivity index (χ3v) is 4.49. The number of aromatic hydroxyl groups is 1. The zero-order valence-corrected chi connectivity index (χ0v) is 17.2. The number of nitrogens with one attached hydrogen (secondary N) is 2. The molecule has 0 bridgehead atoms. The second kappa shape index (κ2) is 10.4. The van der Waals surface area contributed by atoms with Crippen LogP contribution in [-0.2, 0) is 9.59 Å². The van der Waals surface area contributed by atoms with Gasteiger partial charge < -0.3 is 25.2 Å². The molecule has 1 unspecified atom stereocenters. The summed E-state index contributed by atoms with van der Waals surface area (Å²) in [4.78, 5) is 24.0. The Morgan fingerprint density at radius 1 is 0.966 bits per heavy atom. The van der Waals surface area contributed by atoms with Crippen molar-refractivity contribution in [3.8, 4) is 17.2 Å². The molecular formula is C22H28N2O5. The molecule has 0 fully saturated rings. The van der Waals surface area contributed by atoms with Gasteiger partial charge in [-0.3, -0.25) is 9.59 Å². The maximum absolute atomic E-state index is 12.1. The van der Waals surface area contributed by atoms with E-state index >= 15 is 0 Å². The summed E-state index contributed by atoms with van der Waals surface area (Å²) in [6.45, 7) is 8.00. The minimum absolute atomic E-state index is 0.0839. The van der Waals surface area contributed by atoms with Crippen LogP contribution in [0.2, 0.25) is 0 Å². The molecule has 0 aliphatic heterocycles. The Morgan fingerprint density at radius 2 is 1.59 bits per heavy atom. The van der Waals surface area contributed by atoms with Gasteiger partial charge in [-0.15, -0.1) is 0 Å². The van der Waals surface area contributed by atoms with Crippen LogP contribution in [-0.4, -0.2) is 42.7 Å². The van der Waals surface area contributed by atoms with Crippen LogP contribution in [0.5, 0.6) is 17.2 Å². The van der Waals surface area contributed by atoms with Gasteiger partial charge in [0.1, 0.15) is 17.2 Å². The van der Waals surface area contributed by atoms with E-state index < -0.39 is 6.10 Å². The van der Waals surface area contributed by atoms with Gasteiger partial charge in [-0.25, -0.2) is 0 Å². The fraction of sp³-hybridized carbons (Fsp3) is 0.364. The number of ether oxygens (including phenoxy) is 2. The molecule has 0 aliphatic carbocycles. The van der Waals surface area contributed by atoms with Crippen LogP contribution in [0.4, 0.5) is 0 Å². The minimum Gasteiger partial charge on any atom is -0.508 e. The zero-order valence-electron chi connectivity index (χ0n) is 17.2. The number of carbonyl (C=O) groups is 2. The smallest absolute Gasteiger partial charge is 0.260 e. The molecule has 7 nitrogen and oxygen atoms in total. The first-order valence-corrected chi connectivity index (χ1v) is 9.47. The summed E-state index contributed by atoms with van der Waals surface area (Å²) >= 11 is 0. The summed E-state index contributed by atoms with van der Waals surface area (Å²) in [6, 6.07) is 10.1. The molecule has 0 aliphatic rings. The van der Waals surface area contributed by atoms with Gasteiger partial charge in [0.15, 0.2) is 12.7 Å². The van der Waals surface area contributed by atoms with Gasteiger partial charge in [-0.1, -0.05) is 12.1 Å². The fourth-order valence-electron chi connectivity index (χ4n) is 2.65. The van der Waals surface area contributed by atoms with E-state index in [1.165, 1.54) is 12.1 Å². The number of carbonyl (C=O) groups excluding carboxylic acids is 2. The Labute approximate surface area is 171 Å². The number of phenols is 1. The largest absolute Gasteiger partial charge is 0.508 e. The Hall–Kier alpha value is -3.22. The summed E-state index contributed by atoms with van der Waals surface area (Å²) in [6.07, 6.45) is -0.703. The zero-order chi connectivity index (χ0) is 21.4. The van der Waals surface area contributed by atoms with Crippen LogP contribution in [0.25, 0.3) is 0 Å². The predicted octanol–water partition coefficient (Wildman–Crippen LogP) is 2.40. The molecule has 0 spiro atoms. The van der Waals surface area contributed by atoms with Crippen molar-refractivity contribution < 1.29 is 24.2 Å². The highest BCUT2D eigenvalue weighted by Gasteiger charge is 2.14. The van der Waals surface area contributed by atoms with Crippen molar-refractivity contribution >= 4 is 11.8 Å². The van der Waals surface area contributed by atoms with Crippen molar-refractivity contribution in [1.29, 1.82) is 0 Å². The van der Waals surface area contributed by atoms with E-state index in [1.54, 1.807) is 19.1 Å². The van der Waals surface area contributed by atoms with E-state index in [0.717, 1.165) is 22.4 Å². The predicted molar refractivity (Wildman–Crippen MR) is 110 cm³/mol. The van der Waals surface area contributed by atoms with Gasteiger partial charge in [0.25, 0.3) is 11.8 Å². The van der Waals surface area contributed by atoms with Gasteiger partial charge in [0.2, 0.25) is 0 Å². The molecule has 29 heavy (non-hydrogen) atoms. The monoisotopic (exact) mass is 400 g/mol. The highest BCUT2D eigenvalue weighted by Crippen LogP contribution is 2.25. The van der Waals surface area contributed by atoms with Gasteiger partial charge in [0, 0.05) is 13.1 Å². The minimum atomic E-state index is -0.703. The summed E-state index contributed by atoms with van der Waals surface area (Å²) in [5.74, 6) is 0.788. The number of aryl methyl sites for hydroxylation is 2. The van der Waals surface area contributed by atoms with Crippen LogP contribution in [0, 0.1) is 20.8 Å². The van der Waals surface area contributed by atoms with Gasteiger partial charge in [-0.05, 0) is 68.7 Å². The molecule has 3 N–H and O–H groups in total. The van der Waals surface area contributed by atoms with Crippen molar-refractivity contribution in [1.82, 2.24) is 10.6 Å². The second-order valence-electron chi connectivity index (χ2n) is 6.84. The lowest BCUT2D eigenvalue weighted by atomic mass is 10.1. The van der Waals surface area contributed by atoms with Gasteiger partial charge in [-0.2, -0.15) is 0 Å². The van der Waals surface area contributed by atoms with E-state index in [-0.39, 0.29) is 37.3 Å². The summed E-state index contributed by atoms with van der Waals surface area (Å²) < 4.78 is 11.2. The van der Waals surface area contributed by atoms with E-state index in [1.807, 2.05) is 32.9 Å². The molecule has 0 radical (unpaired) electrons. The van der Waals surface area contributed by atoms with E-state index in [9.17, 15) is 14.7 Å². The normalized spacial score (nSPS) is 11.4. The maximum Gasteiger partial charge on any atom is 0.260 e. The van der Waals surface area contributed by atoms with Crippen LogP contribution >= 0.6 is 0 Å². The molecular weight excluding hydrogens is 372 g/mol. The second-order valence-corrected chi connectivity index (χ2v) is 6.84. The quantitative estimate of drug-likeness (QED) is 0.562. The molecule has 156 valence electrons. The first-order chi connectivity index (χ1) is 13.8. The van der Waals surface area contributed by atoms with Crippen molar-refractivity contribution in [2.45, 2.75) is 33.8 Å². The molecule has 1 atom stereocenters. The van der Waals surface area contributed by atoms with Crippen molar-refractivity contribution in [2.24, 2.45) is 0 Å². The first-order valence-electron chi connectivity index (χ1n) is 9.47. The van der Waals surface area contributed by atoms with Crippen LogP contribution < -0.4 is 20.1 Å². The maximum atomic E-state index is 12.1. The van der Waals surface area contributed by atoms with Crippen LogP contribution in [0.15, 0.2) is 36.4 Å². The Kier molecular flexibility index (Phi) is 7.88. The van der Waals surface area contributed by atoms with Crippen LogP contribution in [0.3, 0.4) is 0 Å². The summed E-state index contributed by atoms with van der Waals surface area (Å²) in [7, 11) is 0. The lowest BCUT2D eigenvalue weighted by molar-refractivity contribution is -0.127. The highest BCUT2D eigenvalue weighted by atomic mass is 16.5. The van der Waals surface area contributed by atoms with E-state index in [4.69, 9.17) is 9.47 Å². The van der Waals surface area contributed by atoms with Crippen molar-refractivity contribution in [2.75, 3.05) is 19.7 Å². The molecule has 2 aromatic carbocycles. The van der Waals surface area contributed by atoms with Crippen molar-refractivity contribution in [3.63, 3.8) is 0 Å². The SMILES string of the molecule is Cc1ccc(C)c(OCC(=O)NCCNC(=O)C(C)Oc2ccc(O)cc2)c1C. The molecule has 2 amide bonds. The lowest BCUT2D eigenvalue weighted by Gasteiger charge is -2.15. The molecule has 2 rings (SSSR count). The average Bonchev–Trinajstić information content (AvgIpc) is 2.69. The number of hydrogen-bond acceptors (Lipinski definition) is 5. The standard InChI is InChI=1S/C22H28N2O5/c1-14-5-6-15(2)21(16(14)3)28-13-20(26)23-11-12-24-22(27)17(4)29-19-9-7-18(25)8-10-19/h5-10,17,25H,11-13H2,1-4H3,(H,23,26)(H,24,27). The number of phenolic OH excluding ortho intramolecular Hbond substituents is 1. The third kappa shape index (κ3) is 6.71. The first kappa shape index (κ1) is 22.1. The lowest BCUT2D eigenvalue weighted by Crippen LogP contribution is -2.41. The Bertz CT molecular complexity index is 849. The topological polar surface area (TPSA) is 96.9 Å². The van der Waals surface area contributed by atoms with E-state index in [2.05, 4.69) is 10.6 Å². The average molecular weight is 400 g/mol. The fourth-order valence-corrected chi connectivity index (χ4v) is 2.65. The Morgan fingerprint density at radius 3 is 2.28 bits per heavy atom. The number of hydrogen-bond donors (Lipinski definition) is 3. The molecule has 7 heteroatoms. The third-order valence-electron chi connectivity index (χ3n) is 4.49. The van der Waals surface area contributed by atoms with E-state index in [0.29, 0.717) is 5.75 Å². The molecule has 0 aromatic heterocycles. The molecule has 2 aromatic rings. The van der Waals surface area contributed by atoms with Gasteiger partial charge in [0.05, 0.1) is 0 Å². The van der Waals surface area contributed by atoms with Crippen LogP contribution in [0.1, 0.15) is 23.6 Å². The summed E-state index contributed by atoms with van der Waals surface area (Å²) in [5, 5.41) is 14.7. The van der Waals surface area contributed by atoms with Gasteiger partial charge >= 0.3 is 0 Å². The summed E-state index contributed by atoms with van der Waals surface area (Å²) in [5.41, 5.74) is 3.11. The number of amides is 2. The molecule has 0 saturated heterocycles. The molecule has 0 saturated carbocycles. The number of benzene rings is 2. The Balaban J connectivity index is 1.67. The van der Waals surface area contributed by atoms with Crippen molar-refractivity contribution in [3.05, 3.63) is 53.1 Å². The molecule has 0 heterocycles. The highest BCUT2D eigenvalue weighted by molar-refractivity contribution is 5.81. The number of rotatable bonds is 9.